The Bertz CT molecular complexity index is 746. The van der Waals surface area contributed by atoms with E-state index in [4.69, 9.17) is 14.2 Å². The van der Waals surface area contributed by atoms with Crippen molar-refractivity contribution < 1.29 is 19.0 Å². The van der Waals surface area contributed by atoms with Crippen LogP contribution in [0.5, 0.6) is 17.2 Å². The average Bonchev–Trinajstić information content (AvgIpc) is 3.30. The first kappa shape index (κ1) is 16.9. The van der Waals surface area contributed by atoms with E-state index in [2.05, 4.69) is 4.99 Å². The Labute approximate surface area is 148 Å². The summed E-state index contributed by atoms with van der Waals surface area (Å²) in [4.78, 5) is 18.5. The minimum atomic E-state index is -0.394. The summed E-state index contributed by atoms with van der Waals surface area (Å²) in [5.41, 5.74) is 0.506. The number of carbonyl (C=O) groups is 1. The van der Waals surface area contributed by atoms with Gasteiger partial charge in [-0.2, -0.15) is 0 Å². The molecule has 2 aromatic rings. The Morgan fingerprint density at radius 2 is 1.88 bits per heavy atom. The average molecular weight is 363 g/mol. The van der Waals surface area contributed by atoms with Gasteiger partial charge in [-0.1, -0.05) is 6.07 Å². The Kier molecular flexibility index (Phi) is 5.11. The van der Waals surface area contributed by atoms with Gasteiger partial charge in [-0.05, 0) is 23.6 Å². The fourth-order valence-corrected chi connectivity index (χ4v) is 4.35. The molecule has 1 unspecified atom stereocenters. The highest BCUT2D eigenvalue weighted by Crippen LogP contribution is 2.39. The van der Waals surface area contributed by atoms with Crippen molar-refractivity contribution in [3.63, 3.8) is 0 Å². The molecular formula is C17H17NO4S2. The molecule has 1 aromatic carbocycles. The van der Waals surface area contributed by atoms with Crippen LogP contribution in [0, 0.1) is 0 Å². The van der Waals surface area contributed by atoms with Gasteiger partial charge in [-0.25, -0.2) is 0 Å². The lowest BCUT2D eigenvalue weighted by Crippen LogP contribution is -2.19. The molecule has 0 amide bonds. The first-order valence-electron chi connectivity index (χ1n) is 7.26. The first-order valence-corrected chi connectivity index (χ1v) is 9.13. The van der Waals surface area contributed by atoms with Gasteiger partial charge in [0, 0.05) is 11.3 Å². The van der Waals surface area contributed by atoms with Gasteiger partial charge in [0.25, 0.3) is 0 Å². The van der Waals surface area contributed by atoms with Crippen molar-refractivity contribution >= 4 is 33.9 Å². The molecule has 0 bridgehead atoms. The van der Waals surface area contributed by atoms with E-state index in [0.29, 0.717) is 28.6 Å². The summed E-state index contributed by atoms with van der Waals surface area (Å²) >= 11 is 3.24. The zero-order valence-electron chi connectivity index (χ0n) is 13.6. The third kappa shape index (κ3) is 3.14. The predicted octanol–water partition coefficient (Wildman–Crippen LogP) is 3.52. The highest BCUT2D eigenvalue weighted by atomic mass is 32.2. The largest absolute Gasteiger partial charge is 0.493 e. The Hall–Kier alpha value is -1.99. The van der Waals surface area contributed by atoms with Crippen LogP contribution in [0.1, 0.15) is 15.2 Å². The second-order valence-corrected chi connectivity index (χ2v) is 6.97. The summed E-state index contributed by atoms with van der Waals surface area (Å²) in [6, 6.07) is 6.95. The van der Waals surface area contributed by atoms with Gasteiger partial charge >= 0.3 is 0 Å². The monoisotopic (exact) mass is 363 g/mol. The van der Waals surface area contributed by atoms with Gasteiger partial charge in [0.2, 0.25) is 5.75 Å². The van der Waals surface area contributed by atoms with Crippen molar-refractivity contribution in [3.8, 4) is 17.2 Å². The normalized spacial score (nSPS) is 16.6. The topological polar surface area (TPSA) is 57.1 Å². The van der Waals surface area contributed by atoms with E-state index in [-0.39, 0.29) is 5.78 Å². The Balaban J connectivity index is 1.90. The summed E-state index contributed by atoms with van der Waals surface area (Å²) in [6.07, 6.45) is 0. The van der Waals surface area contributed by atoms with E-state index < -0.39 is 6.04 Å². The third-order valence-corrected chi connectivity index (χ3v) is 5.72. The predicted molar refractivity (Wildman–Crippen MR) is 97.5 cm³/mol. The van der Waals surface area contributed by atoms with E-state index in [1.54, 1.807) is 35.2 Å². The summed E-state index contributed by atoms with van der Waals surface area (Å²) in [7, 11) is 4.60. The molecular weight excluding hydrogens is 346 g/mol. The van der Waals surface area contributed by atoms with Crippen LogP contribution in [0.4, 0.5) is 0 Å². The molecule has 2 heterocycles. The van der Waals surface area contributed by atoms with Crippen molar-refractivity contribution in [1.29, 1.82) is 0 Å². The number of Topliss-reactive ketones (excluding diaryl/α,β-unsaturated/α-hetero) is 1. The van der Waals surface area contributed by atoms with Gasteiger partial charge in [-0.3, -0.25) is 9.79 Å². The molecule has 1 aromatic heterocycles. The molecule has 3 rings (SSSR count). The number of hydrogen-bond donors (Lipinski definition) is 0. The van der Waals surface area contributed by atoms with Gasteiger partial charge in [-0.15, -0.1) is 23.1 Å². The van der Waals surface area contributed by atoms with Crippen LogP contribution in [0.25, 0.3) is 0 Å². The van der Waals surface area contributed by atoms with Crippen molar-refractivity contribution in [1.82, 2.24) is 0 Å². The number of ketones is 1. The van der Waals surface area contributed by atoms with Gasteiger partial charge < -0.3 is 14.2 Å². The fourth-order valence-electron chi connectivity index (χ4n) is 2.46. The van der Waals surface area contributed by atoms with Gasteiger partial charge in [0.05, 0.1) is 26.2 Å². The van der Waals surface area contributed by atoms with Crippen LogP contribution in [-0.2, 0) is 0 Å². The van der Waals surface area contributed by atoms with Gasteiger partial charge in [0.15, 0.2) is 17.3 Å². The van der Waals surface area contributed by atoms with E-state index in [1.807, 2.05) is 17.5 Å². The van der Waals surface area contributed by atoms with Crippen LogP contribution >= 0.6 is 23.1 Å². The third-order valence-electron chi connectivity index (χ3n) is 3.63. The molecule has 1 atom stereocenters. The Morgan fingerprint density at radius 3 is 2.42 bits per heavy atom. The summed E-state index contributed by atoms with van der Waals surface area (Å²) in [5.74, 6) is 2.00. The lowest BCUT2D eigenvalue weighted by atomic mass is 10.0. The second kappa shape index (κ2) is 7.27. The molecule has 0 fully saturated rings. The molecule has 0 spiro atoms. The molecule has 0 saturated heterocycles. The summed E-state index contributed by atoms with van der Waals surface area (Å²) in [6.45, 7) is 0. The summed E-state index contributed by atoms with van der Waals surface area (Å²) < 4.78 is 15.9. The molecule has 1 aliphatic rings. The minimum absolute atomic E-state index is 0.0479. The number of nitrogens with zero attached hydrogens (tertiary/aromatic N) is 1. The summed E-state index contributed by atoms with van der Waals surface area (Å²) in [5, 5.41) is 2.93. The fraction of sp³-hybridized carbons (Fsp3) is 0.294. The van der Waals surface area contributed by atoms with Crippen molar-refractivity contribution in [2.45, 2.75) is 6.04 Å². The SMILES string of the molecule is COc1cc(C(=O)C2CSC(c3cccs3)=N2)cc(OC)c1OC. The van der Waals surface area contributed by atoms with E-state index in [9.17, 15) is 4.79 Å². The van der Waals surface area contributed by atoms with Crippen LogP contribution in [-0.4, -0.2) is 44.0 Å². The maximum Gasteiger partial charge on any atom is 0.203 e. The minimum Gasteiger partial charge on any atom is -0.493 e. The second-order valence-electron chi connectivity index (χ2n) is 5.02. The number of carbonyl (C=O) groups excluding carboxylic acids is 1. The molecule has 5 nitrogen and oxygen atoms in total. The number of rotatable bonds is 6. The highest BCUT2D eigenvalue weighted by molar-refractivity contribution is 8.15. The Morgan fingerprint density at radius 1 is 1.17 bits per heavy atom. The number of aliphatic imine (C=N–C) groups is 1. The zero-order chi connectivity index (χ0) is 17.1. The van der Waals surface area contributed by atoms with Crippen LogP contribution in [0.15, 0.2) is 34.6 Å². The molecule has 1 aliphatic heterocycles. The van der Waals surface area contributed by atoms with Crippen molar-refractivity contribution in [2.75, 3.05) is 27.1 Å². The van der Waals surface area contributed by atoms with Crippen LogP contribution < -0.4 is 14.2 Å². The van der Waals surface area contributed by atoms with Gasteiger partial charge in [0.1, 0.15) is 11.1 Å². The molecule has 24 heavy (non-hydrogen) atoms. The highest BCUT2D eigenvalue weighted by Gasteiger charge is 2.28. The van der Waals surface area contributed by atoms with E-state index in [1.165, 1.54) is 21.3 Å². The number of benzene rings is 1. The quantitative estimate of drug-likeness (QED) is 0.735. The molecule has 0 N–H and O–H groups in total. The smallest absolute Gasteiger partial charge is 0.203 e. The van der Waals surface area contributed by atoms with Crippen molar-refractivity contribution in [3.05, 3.63) is 40.1 Å². The standard InChI is InChI=1S/C17H17NO4S2/c1-20-12-7-10(8-13(21-2)16(12)22-3)15(19)11-9-24-17(18-11)14-5-4-6-23-14/h4-8,11H,9H2,1-3H3. The lowest BCUT2D eigenvalue weighted by Gasteiger charge is -2.14. The van der Waals surface area contributed by atoms with Crippen LogP contribution in [0.2, 0.25) is 0 Å². The number of ether oxygens (including phenoxy) is 3. The molecule has 0 aliphatic carbocycles. The molecule has 7 heteroatoms. The maximum absolute atomic E-state index is 12.8. The molecule has 0 radical (unpaired) electrons. The number of thioether (sulfide) groups is 1. The molecule has 126 valence electrons. The number of methoxy groups -OCH3 is 3. The number of hydrogen-bond acceptors (Lipinski definition) is 7. The van der Waals surface area contributed by atoms with Crippen LogP contribution in [0.3, 0.4) is 0 Å². The number of thiophene rings is 1. The van der Waals surface area contributed by atoms with E-state index >= 15 is 0 Å². The zero-order valence-corrected chi connectivity index (χ0v) is 15.2. The molecule has 0 saturated carbocycles. The lowest BCUT2D eigenvalue weighted by molar-refractivity contribution is 0.0971. The maximum atomic E-state index is 12.8. The van der Waals surface area contributed by atoms with Crippen molar-refractivity contribution in [2.24, 2.45) is 4.99 Å². The van der Waals surface area contributed by atoms with E-state index in [0.717, 1.165) is 9.92 Å². The first-order chi connectivity index (χ1) is 11.7.